The molecule has 8 nitrogen and oxygen atoms in total. The molecule has 2 fully saturated rings. The topological polar surface area (TPSA) is 129 Å². The van der Waals surface area contributed by atoms with Crippen LogP contribution >= 0.6 is 34.8 Å². The van der Waals surface area contributed by atoms with Crippen LogP contribution in [-0.2, 0) is 14.2 Å². The van der Waals surface area contributed by atoms with Crippen molar-refractivity contribution in [3.05, 3.63) is 0 Å². The van der Waals surface area contributed by atoms with Crippen LogP contribution in [0.1, 0.15) is 0 Å². The maximum absolute atomic E-state index is 10.1. The van der Waals surface area contributed by atoms with Crippen LogP contribution in [0.15, 0.2) is 0 Å². The zero-order chi connectivity index (χ0) is 17.4. The predicted octanol–water partition coefficient (Wildman–Crippen LogP) is -1.66. The van der Waals surface area contributed by atoms with Crippen LogP contribution < -0.4 is 0 Å². The zero-order valence-electron chi connectivity index (χ0n) is 11.8. The van der Waals surface area contributed by atoms with Crippen LogP contribution in [0.4, 0.5) is 0 Å². The highest BCUT2D eigenvalue weighted by Gasteiger charge is 2.58. The molecular formula is C12H19Cl3O8. The summed E-state index contributed by atoms with van der Waals surface area (Å²) in [4.78, 5) is 0. The highest BCUT2D eigenvalue weighted by Crippen LogP contribution is 2.37. The molecule has 2 aliphatic rings. The van der Waals surface area contributed by atoms with Gasteiger partial charge in [0.05, 0.1) is 23.7 Å². The fraction of sp³-hybridized carbons (Fsp3) is 1.00. The Morgan fingerprint density at radius 2 is 1.65 bits per heavy atom. The summed E-state index contributed by atoms with van der Waals surface area (Å²) in [5.41, 5.74) is 0. The molecule has 2 saturated heterocycles. The lowest BCUT2D eigenvalue weighted by Crippen LogP contribution is -2.61. The van der Waals surface area contributed by atoms with Gasteiger partial charge < -0.3 is 39.7 Å². The molecule has 0 bridgehead atoms. The molecule has 2 heterocycles. The van der Waals surface area contributed by atoms with Crippen molar-refractivity contribution in [1.29, 1.82) is 0 Å². The number of aliphatic hydroxyl groups is 5. The van der Waals surface area contributed by atoms with Crippen molar-refractivity contribution < 1.29 is 39.7 Å². The van der Waals surface area contributed by atoms with E-state index in [0.717, 1.165) is 0 Å². The van der Waals surface area contributed by atoms with E-state index in [1.54, 1.807) is 0 Å². The van der Waals surface area contributed by atoms with Crippen molar-refractivity contribution in [1.82, 2.24) is 0 Å². The molecule has 9 atom stereocenters. The van der Waals surface area contributed by atoms with Gasteiger partial charge in [0.2, 0.25) is 5.79 Å². The molecule has 23 heavy (non-hydrogen) atoms. The van der Waals surface area contributed by atoms with Gasteiger partial charge >= 0.3 is 0 Å². The first-order chi connectivity index (χ1) is 10.8. The fourth-order valence-electron chi connectivity index (χ4n) is 2.56. The first-order valence-electron chi connectivity index (χ1n) is 6.91. The van der Waals surface area contributed by atoms with E-state index in [1.807, 2.05) is 0 Å². The predicted molar refractivity (Wildman–Crippen MR) is 79.5 cm³/mol. The Morgan fingerprint density at radius 1 is 1.00 bits per heavy atom. The van der Waals surface area contributed by atoms with Gasteiger partial charge in [-0.1, -0.05) is 0 Å². The average molecular weight is 398 g/mol. The molecule has 2 aliphatic heterocycles. The molecule has 0 aromatic rings. The van der Waals surface area contributed by atoms with Gasteiger partial charge in [-0.05, 0) is 0 Å². The number of alkyl halides is 3. The van der Waals surface area contributed by atoms with Crippen molar-refractivity contribution in [2.24, 2.45) is 0 Å². The summed E-state index contributed by atoms with van der Waals surface area (Å²) in [5, 5.41) is 48.1. The summed E-state index contributed by atoms with van der Waals surface area (Å²) in [5.74, 6) is -2.43. The largest absolute Gasteiger partial charge is 0.394 e. The van der Waals surface area contributed by atoms with Gasteiger partial charge in [-0.15, -0.1) is 34.8 Å². The van der Waals surface area contributed by atoms with E-state index in [2.05, 4.69) is 0 Å². The fourth-order valence-corrected chi connectivity index (χ4v) is 3.37. The molecule has 0 spiro atoms. The van der Waals surface area contributed by atoms with E-state index in [0.29, 0.717) is 0 Å². The molecule has 5 N–H and O–H groups in total. The third-order valence-electron chi connectivity index (χ3n) is 3.96. The number of hydrogen-bond donors (Lipinski definition) is 5. The molecule has 0 aromatic heterocycles. The summed E-state index contributed by atoms with van der Waals surface area (Å²) >= 11 is 17.3. The Kier molecular flexibility index (Phi) is 6.77. The molecule has 3 unspecified atom stereocenters. The van der Waals surface area contributed by atoms with Crippen LogP contribution in [0.2, 0.25) is 0 Å². The standard InChI is InChI=1S/C12H19Cl3O8/c13-1-4-7(17)10(20)12(3-14,22-4)23-11-9(19)8(18)6(15)5(2-16)21-11/h4-11,16-20H,1-3H2/t4-,5?,6+,7?,8+,9?,10-,11-,12+/m1/s1. The van der Waals surface area contributed by atoms with Crippen LogP contribution in [-0.4, -0.2) is 98.0 Å². The van der Waals surface area contributed by atoms with Gasteiger partial charge in [-0.2, -0.15) is 0 Å². The normalized spacial score (nSPS) is 51.1. The Morgan fingerprint density at radius 3 is 2.13 bits per heavy atom. The molecule has 0 radical (unpaired) electrons. The number of ether oxygens (including phenoxy) is 3. The minimum Gasteiger partial charge on any atom is -0.394 e. The molecule has 136 valence electrons. The monoisotopic (exact) mass is 396 g/mol. The second-order valence-corrected chi connectivity index (χ2v) is 6.54. The van der Waals surface area contributed by atoms with Crippen LogP contribution in [0.3, 0.4) is 0 Å². The summed E-state index contributed by atoms with van der Waals surface area (Å²) in [6, 6.07) is 0. The molecule has 0 saturated carbocycles. The van der Waals surface area contributed by atoms with E-state index < -0.39 is 66.6 Å². The lowest BCUT2D eigenvalue weighted by atomic mass is 10.0. The quantitative estimate of drug-likeness (QED) is 0.349. The summed E-state index contributed by atoms with van der Waals surface area (Å²) < 4.78 is 16.1. The molecule has 2 rings (SSSR count). The van der Waals surface area contributed by atoms with Crippen LogP contribution in [0.5, 0.6) is 0 Å². The first kappa shape index (κ1) is 19.9. The molecule has 0 amide bonds. The first-order valence-corrected chi connectivity index (χ1v) is 8.42. The number of hydrogen-bond acceptors (Lipinski definition) is 8. The third kappa shape index (κ3) is 3.58. The van der Waals surface area contributed by atoms with Gasteiger partial charge in [-0.3, -0.25) is 0 Å². The third-order valence-corrected chi connectivity index (χ3v) is 5.17. The highest BCUT2D eigenvalue weighted by atomic mass is 35.5. The molecular weight excluding hydrogens is 378 g/mol. The van der Waals surface area contributed by atoms with E-state index in [-0.39, 0.29) is 5.88 Å². The minimum absolute atomic E-state index is 0.125. The number of aliphatic hydroxyl groups excluding tert-OH is 5. The molecule has 11 heteroatoms. The van der Waals surface area contributed by atoms with Crippen molar-refractivity contribution >= 4 is 34.8 Å². The van der Waals surface area contributed by atoms with E-state index in [1.165, 1.54) is 0 Å². The summed E-state index contributed by atoms with van der Waals surface area (Å²) in [7, 11) is 0. The molecule has 0 aliphatic carbocycles. The van der Waals surface area contributed by atoms with Crippen molar-refractivity contribution in [3.8, 4) is 0 Å². The highest BCUT2D eigenvalue weighted by molar-refractivity contribution is 6.21. The van der Waals surface area contributed by atoms with Crippen molar-refractivity contribution in [3.63, 3.8) is 0 Å². The van der Waals surface area contributed by atoms with E-state index >= 15 is 0 Å². The lowest BCUT2D eigenvalue weighted by Gasteiger charge is -2.43. The van der Waals surface area contributed by atoms with Crippen molar-refractivity contribution in [2.75, 3.05) is 18.4 Å². The smallest absolute Gasteiger partial charge is 0.214 e. The Bertz CT molecular complexity index is 403. The second-order valence-electron chi connectivity index (χ2n) is 5.46. The second kappa shape index (κ2) is 7.84. The number of rotatable bonds is 5. The number of halogens is 3. The van der Waals surface area contributed by atoms with Crippen LogP contribution in [0.25, 0.3) is 0 Å². The maximum Gasteiger partial charge on any atom is 0.214 e. The summed E-state index contributed by atoms with van der Waals surface area (Å²) in [6.45, 7) is -0.526. The van der Waals surface area contributed by atoms with E-state index in [4.69, 9.17) is 49.0 Å². The molecule has 0 aromatic carbocycles. The van der Waals surface area contributed by atoms with Gasteiger partial charge in [0.25, 0.3) is 0 Å². The Hall–Kier alpha value is 0.550. The summed E-state index contributed by atoms with van der Waals surface area (Å²) in [6.07, 6.45) is -9.39. The van der Waals surface area contributed by atoms with Gasteiger partial charge in [0.15, 0.2) is 6.29 Å². The maximum atomic E-state index is 10.1. The Labute approximate surface area is 147 Å². The van der Waals surface area contributed by atoms with Gasteiger partial charge in [0.1, 0.15) is 36.6 Å². The van der Waals surface area contributed by atoms with Crippen LogP contribution in [0, 0.1) is 0 Å². The minimum atomic E-state index is -1.90. The average Bonchev–Trinajstić information content (AvgIpc) is 2.80. The van der Waals surface area contributed by atoms with Gasteiger partial charge in [-0.25, -0.2) is 0 Å². The zero-order valence-corrected chi connectivity index (χ0v) is 14.1. The van der Waals surface area contributed by atoms with Gasteiger partial charge in [0, 0.05) is 0 Å². The van der Waals surface area contributed by atoms with Crippen molar-refractivity contribution in [2.45, 2.75) is 54.1 Å². The lowest BCUT2D eigenvalue weighted by molar-refractivity contribution is -0.357. The Balaban J connectivity index is 2.18. The van der Waals surface area contributed by atoms with E-state index in [9.17, 15) is 25.5 Å². The SMILES string of the molecule is OCC1O[C@H](O[C@]2(CCl)O[C@H](CCl)C(O)[C@H]2O)C(O)[C@@H](O)[C@H]1Cl.